The summed E-state index contributed by atoms with van der Waals surface area (Å²) in [7, 11) is -0.837. The highest BCUT2D eigenvalue weighted by molar-refractivity contribution is 7.85. The van der Waals surface area contributed by atoms with Gasteiger partial charge < -0.3 is 10.4 Å². The maximum Gasteiger partial charge on any atom is 0.338 e. The highest BCUT2D eigenvalue weighted by atomic mass is 32.2. The molecule has 1 fully saturated rings. The number of rotatable bonds is 4. The second kappa shape index (κ2) is 6.00. The van der Waals surface area contributed by atoms with Gasteiger partial charge in [-0.1, -0.05) is 6.07 Å². The van der Waals surface area contributed by atoms with E-state index in [0.717, 1.165) is 0 Å². The summed E-state index contributed by atoms with van der Waals surface area (Å²) in [5, 5.41) is 23.1. The van der Waals surface area contributed by atoms with E-state index in [9.17, 15) is 19.1 Å². The smallest absolute Gasteiger partial charge is 0.338 e. The first-order valence-corrected chi connectivity index (χ1v) is 7.60. The van der Waals surface area contributed by atoms with Gasteiger partial charge in [-0.3, -0.25) is 14.3 Å². The molecule has 0 radical (unpaired) electrons. The van der Waals surface area contributed by atoms with Crippen LogP contribution in [0.15, 0.2) is 18.2 Å². The Bertz CT molecular complexity index is 533. The normalized spacial score (nSPS) is 22.2. The molecular formula is C12H14N2O5S. The minimum absolute atomic E-state index is 0.0303. The van der Waals surface area contributed by atoms with Gasteiger partial charge in [-0.25, -0.2) is 4.79 Å². The molecule has 2 rings (SSSR count). The predicted octanol–water partition coefficient (Wildman–Crippen LogP) is 1.62. The van der Waals surface area contributed by atoms with Crippen LogP contribution in [-0.2, 0) is 10.8 Å². The number of nitrogens with one attached hydrogen (secondary N) is 1. The lowest BCUT2D eigenvalue weighted by Crippen LogP contribution is -2.30. The summed E-state index contributed by atoms with van der Waals surface area (Å²) in [6.45, 7) is 0. The summed E-state index contributed by atoms with van der Waals surface area (Å²) in [5.41, 5.74) is -0.342. The van der Waals surface area contributed by atoms with Gasteiger partial charge in [0.15, 0.2) is 0 Å². The summed E-state index contributed by atoms with van der Waals surface area (Å²) >= 11 is 0. The maximum absolute atomic E-state index is 11.3. The Labute approximate surface area is 117 Å². The number of para-hydroxylation sites is 1. The molecule has 0 bridgehead atoms. The molecule has 0 aromatic heterocycles. The first-order valence-electron chi connectivity index (χ1n) is 6.11. The van der Waals surface area contributed by atoms with E-state index in [0.29, 0.717) is 24.3 Å². The number of carboxylic acid groups (broad SMARTS) is 1. The molecule has 1 saturated heterocycles. The summed E-state index contributed by atoms with van der Waals surface area (Å²) in [6, 6.07) is 3.86. The van der Waals surface area contributed by atoms with Gasteiger partial charge in [-0.2, -0.15) is 0 Å². The van der Waals surface area contributed by atoms with E-state index in [4.69, 9.17) is 5.11 Å². The predicted molar refractivity (Wildman–Crippen MR) is 74.6 cm³/mol. The van der Waals surface area contributed by atoms with E-state index >= 15 is 0 Å². The highest BCUT2D eigenvalue weighted by Crippen LogP contribution is 2.30. The minimum Gasteiger partial charge on any atom is -0.478 e. The van der Waals surface area contributed by atoms with E-state index < -0.39 is 21.7 Å². The van der Waals surface area contributed by atoms with Crippen molar-refractivity contribution < 1.29 is 19.0 Å². The molecule has 7 nitrogen and oxygen atoms in total. The number of benzene rings is 1. The Balaban J connectivity index is 2.30. The second-order valence-corrected chi connectivity index (χ2v) is 6.22. The lowest BCUT2D eigenvalue weighted by molar-refractivity contribution is -0.384. The number of anilines is 1. The largest absolute Gasteiger partial charge is 0.478 e. The van der Waals surface area contributed by atoms with Crippen molar-refractivity contribution in [1.82, 2.24) is 0 Å². The van der Waals surface area contributed by atoms with Crippen molar-refractivity contribution in [3.05, 3.63) is 33.9 Å². The summed E-state index contributed by atoms with van der Waals surface area (Å²) in [4.78, 5) is 21.6. The van der Waals surface area contributed by atoms with Gasteiger partial charge in [-0.15, -0.1) is 0 Å². The topological polar surface area (TPSA) is 110 Å². The van der Waals surface area contributed by atoms with Gasteiger partial charge in [0.25, 0.3) is 5.69 Å². The van der Waals surface area contributed by atoms with Crippen LogP contribution < -0.4 is 5.32 Å². The van der Waals surface area contributed by atoms with Gasteiger partial charge >= 0.3 is 5.97 Å². The van der Waals surface area contributed by atoms with Gasteiger partial charge in [-0.05, 0) is 18.9 Å². The fourth-order valence-electron chi connectivity index (χ4n) is 2.16. The molecule has 0 unspecified atom stereocenters. The van der Waals surface area contributed by atoms with Crippen molar-refractivity contribution in [1.29, 1.82) is 0 Å². The Morgan fingerprint density at radius 2 is 2.05 bits per heavy atom. The van der Waals surface area contributed by atoms with Crippen LogP contribution in [0.25, 0.3) is 0 Å². The quantitative estimate of drug-likeness (QED) is 0.645. The summed E-state index contributed by atoms with van der Waals surface area (Å²) < 4.78 is 11.3. The number of carbonyl (C=O) groups is 1. The van der Waals surface area contributed by atoms with Gasteiger partial charge in [0.2, 0.25) is 0 Å². The molecule has 0 aliphatic carbocycles. The molecule has 8 heteroatoms. The van der Waals surface area contributed by atoms with Crippen LogP contribution in [0.3, 0.4) is 0 Å². The Morgan fingerprint density at radius 1 is 1.40 bits per heavy atom. The molecule has 2 N–H and O–H groups in total. The number of hydrogen-bond acceptors (Lipinski definition) is 5. The molecule has 0 spiro atoms. The molecular weight excluding hydrogens is 284 g/mol. The zero-order chi connectivity index (χ0) is 14.7. The van der Waals surface area contributed by atoms with Crippen molar-refractivity contribution in [2.45, 2.75) is 18.9 Å². The average Bonchev–Trinajstić information content (AvgIpc) is 2.41. The van der Waals surface area contributed by atoms with E-state index in [-0.39, 0.29) is 23.0 Å². The first-order chi connectivity index (χ1) is 9.49. The lowest BCUT2D eigenvalue weighted by Gasteiger charge is -2.24. The molecule has 1 aromatic rings. The zero-order valence-electron chi connectivity index (χ0n) is 10.6. The number of nitrogens with zero attached hydrogens (tertiary/aromatic N) is 1. The molecule has 20 heavy (non-hydrogen) atoms. The third-order valence-corrected chi connectivity index (χ3v) is 4.59. The fourth-order valence-corrected chi connectivity index (χ4v) is 3.46. The Morgan fingerprint density at radius 3 is 2.60 bits per heavy atom. The van der Waals surface area contributed by atoms with Crippen LogP contribution in [0.1, 0.15) is 23.2 Å². The van der Waals surface area contributed by atoms with Crippen LogP contribution >= 0.6 is 0 Å². The van der Waals surface area contributed by atoms with Crippen LogP contribution in [0.5, 0.6) is 0 Å². The van der Waals surface area contributed by atoms with E-state index in [2.05, 4.69) is 5.32 Å². The van der Waals surface area contributed by atoms with Gasteiger partial charge in [0.1, 0.15) is 5.69 Å². The van der Waals surface area contributed by atoms with Crippen LogP contribution in [0, 0.1) is 10.1 Å². The van der Waals surface area contributed by atoms with Crippen LogP contribution in [0.4, 0.5) is 11.4 Å². The van der Waals surface area contributed by atoms with Crippen molar-refractivity contribution in [3.8, 4) is 0 Å². The first kappa shape index (κ1) is 14.4. The molecule has 108 valence electrons. The van der Waals surface area contributed by atoms with E-state index in [1.807, 2.05) is 0 Å². The maximum atomic E-state index is 11.3. The van der Waals surface area contributed by atoms with Gasteiger partial charge in [0.05, 0.1) is 10.5 Å². The molecule has 0 atom stereocenters. The Hall–Kier alpha value is -1.96. The van der Waals surface area contributed by atoms with Crippen molar-refractivity contribution in [3.63, 3.8) is 0 Å². The lowest BCUT2D eigenvalue weighted by atomic mass is 10.1. The average molecular weight is 298 g/mol. The SMILES string of the molecule is O=C(O)c1cccc([N+](=O)[O-])c1NC1CCS(=O)CC1. The zero-order valence-corrected chi connectivity index (χ0v) is 11.4. The summed E-state index contributed by atoms with van der Waals surface area (Å²) in [6.07, 6.45) is 1.22. The second-order valence-electron chi connectivity index (χ2n) is 4.53. The standard InChI is InChI=1S/C12H14N2O5S/c15-12(16)9-2-1-3-10(14(17)18)11(9)13-8-4-6-20(19)7-5-8/h1-3,8,13H,4-7H2,(H,15,16). The van der Waals surface area contributed by atoms with Crippen LogP contribution in [-0.4, -0.2) is 37.8 Å². The van der Waals surface area contributed by atoms with Gasteiger partial charge in [0, 0.05) is 34.4 Å². The minimum atomic E-state index is -1.21. The van der Waals surface area contributed by atoms with Crippen molar-refractivity contribution in [2.24, 2.45) is 0 Å². The number of aromatic carboxylic acids is 1. The number of carboxylic acids is 1. The summed E-state index contributed by atoms with van der Waals surface area (Å²) in [5.74, 6) is -0.155. The van der Waals surface area contributed by atoms with Crippen LogP contribution in [0.2, 0.25) is 0 Å². The number of nitro groups is 1. The van der Waals surface area contributed by atoms with E-state index in [1.165, 1.54) is 18.2 Å². The molecule has 1 heterocycles. The molecule has 1 aliphatic rings. The molecule has 0 saturated carbocycles. The number of hydrogen-bond donors (Lipinski definition) is 2. The number of nitro benzene ring substituents is 1. The Kier molecular flexibility index (Phi) is 4.33. The highest BCUT2D eigenvalue weighted by Gasteiger charge is 2.25. The monoisotopic (exact) mass is 298 g/mol. The van der Waals surface area contributed by atoms with E-state index in [1.54, 1.807) is 0 Å². The van der Waals surface area contributed by atoms with Crippen molar-refractivity contribution >= 4 is 28.1 Å². The molecule has 0 amide bonds. The fraction of sp³-hybridized carbons (Fsp3) is 0.417. The molecule has 1 aliphatic heterocycles. The third kappa shape index (κ3) is 3.13. The molecule has 1 aromatic carbocycles. The third-order valence-electron chi connectivity index (χ3n) is 3.21. The van der Waals surface area contributed by atoms with Crippen molar-refractivity contribution in [2.75, 3.05) is 16.8 Å².